The zero-order valence-corrected chi connectivity index (χ0v) is 11.7. The Hall–Kier alpha value is -2.75. The highest BCUT2D eigenvalue weighted by Crippen LogP contribution is 2.21. The van der Waals surface area contributed by atoms with E-state index in [0.29, 0.717) is 24.7 Å². The van der Waals surface area contributed by atoms with E-state index in [0.717, 1.165) is 6.07 Å². The van der Waals surface area contributed by atoms with Crippen LogP contribution in [0, 0.1) is 17.1 Å². The lowest BCUT2D eigenvalue weighted by Crippen LogP contribution is -2.07. The summed E-state index contributed by atoms with van der Waals surface area (Å²) in [5.74, 6) is 0.0709. The van der Waals surface area contributed by atoms with Gasteiger partial charge in [0.15, 0.2) is 5.82 Å². The van der Waals surface area contributed by atoms with Gasteiger partial charge in [0.25, 0.3) is 0 Å². The fourth-order valence-electron chi connectivity index (χ4n) is 1.70. The van der Waals surface area contributed by atoms with Crippen molar-refractivity contribution in [2.24, 2.45) is 0 Å². The predicted octanol–water partition coefficient (Wildman–Crippen LogP) is 2.38. The van der Waals surface area contributed by atoms with E-state index in [1.807, 2.05) is 19.9 Å². The maximum Gasteiger partial charge on any atom is 0.321 e. The van der Waals surface area contributed by atoms with Crippen molar-refractivity contribution in [3.63, 3.8) is 0 Å². The molecule has 0 unspecified atom stereocenters. The number of anilines is 1. The molecule has 0 amide bonds. The number of rotatable bonds is 5. The van der Waals surface area contributed by atoms with Crippen LogP contribution in [-0.2, 0) is 0 Å². The normalized spacial score (nSPS) is 10.0. The number of nitriles is 1. The molecule has 0 atom stereocenters. The Kier molecular flexibility index (Phi) is 4.61. The van der Waals surface area contributed by atoms with Gasteiger partial charge in [-0.2, -0.15) is 20.2 Å². The lowest BCUT2D eigenvalue weighted by Gasteiger charge is -2.08. The second-order valence-electron chi connectivity index (χ2n) is 4.07. The first-order chi connectivity index (χ1) is 10.2. The van der Waals surface area contributed by atoms with Gasteiger partial charge in [0.2, 0.25) is 5.95 Å². The molecule has 108 valence electrons. The maximum absolute atomic E-state index is 13.5. The van der Waals surface area contributed by atoms with Gasteiger partial charge in [-0.3, -0.25) is 0 Å². The van der Waals surface area contributed by atoms with Crippen LogP contribution < -0.4 is 10.1 Å². The first kappa shape index (κ1) is 14.7. The Morgan fingerprint density at radius 2 is 2.05 bits per heavy atom. The van der Waals surface area contributed by atoms with E-state index in [9.17, 15) is 4.39 Å². The average molecular weight is 287 g/mol. The molecule has 0 aliphatic carbocycles. The van der Waals surface area contributed by atoms with Crippen LogP contribution in [-0.4, -0.2) is 28.1 Å². The van der Waals surface area contributed by atoms with Gasteiger partial charge < -0.3 is 10.1 Å². The van der Waals surface area contributed by atoms with E-state index in [1.165, 1.54) is 12.1 Å². The lowest BCUT2D eigenvalue weighted by molar-refractivity contribution is 0.312. The number of aromatic nitrogens is 3. The topological polar surface area (TPSA) is 83.7 Å². The second kappa shape index (κ2) is 6.61. The van der Waals surface area contributed by atoms with Crippen molar-refractivity contribution in [1.29, 1.82) is 5.26 Å². The van der Waals surface area contributed by atoms with Crippen molar-refractivity contribution in [2.75, 3.05) is 18.5 Å². The molecule has 0 saturated carbocycles. The minimum atomic E-state index is -0.521. The van der Waals surface area contributed by atoms with E-state index in [2.05, 4.69) is 20.3 Å². The molecule has 0 saturated heterocycles. The monoisotopic (exact) mass is 287 g/mol. The Bertz CT molecular complexity index is 659. The molecule has 0 bridgehead atoms. The standard InChI is InChI=1S/C14H14FN5O/c1-3-17-13-18-12(19-14(20-13)21-4-2)10-5-9(8-16)6-11(15)7-10/h5-7H,3-4H2,1-2H3,(H,17,18,19,20). The molecule has 1 aromatic carbocycles. The number of hydrogen-bond acceptors (Lipinski definition) is 6. The third-order valence-corrected chi connectivity index (χ3v) is 2.51. The maximum atomic E-state index is 13.5. The molecule has 0 aliphatic rings. The van der Waals surface area contributed by atoms with Crippen molar-refractivity contribution < 1.29 is 9.13 Å². The van der Waals surface area contributed by atoms with Gasteiger partial charge in [0.1, 0.15) is 5.82 Å². The smallest absolute Gasteiger partial charge is 0.321 e. The molecule has 1 N–H and O–H groups in total. The van der Waals surface area contributed by atoms with Crippen LogP contribution in [0.3, 0.4) is 0 Å². The number of halogens is 1. The molecule has 2 aromatic rings. The largest absolute Gasteiger partial charge is 0.464 e. The van der Waals surface area contributed by atoms with E-state index in [4.69, 9.17) is 10.00 Å². The fourth-order valence-corrected chi connectivity index (χ4v) is 1.70. The van der Waals surface area contributed by atoms with E-state index in [1.54, 1.807) is 0 Å². The summed E-state index contributed by atoms with van der Waals surface area (Å²) in [5.41, 5.74) is 0.599. The lowest BCUT2D eigenvalue weighted by atomic mass is 10.1. The minimum Gasteiger partial charge on any atom is -0.464 e. The first-order valence-electron chi connectivity index (χ1n) is 6.50. The molecule has 0 radical (unpaired) electrons. The number of nitrogens with one attached hydrogen (secondary N) is 1. The summed E-state index contributed by atoms with van der Waals surface area (Å²) in [7, 11) is 0. The number of benzene rings is 1. The SMILES string of the molecule is CCNc1nc(OCC)nc(-c2cc(F)cc(C#N)c2)n1. The summed E-state index contributed by atoms with van der Waals surface area (Å²) in [6.45, 7) is 4.75. The van der Waals surface area contributed by atoms with E-state index < -0.39 is 5.82 Å². The van der Waals surface area contributed by atoms with E-state index in [-0.39, 0.29) is 17.4 Å². The van der Waals surface area contributed by atoms with Crippen LogP contribution >= 0.6 is 0 Å². The van der Waals surface area contributed by atoms with Crippen LogP contribution in [0.2, 0.25) is 0 Å². The summed E-state index contributed by atoms with van der Waals surface area (Å²) in [4.78, 5) is 12.4. The summed E-state index contributed by atoms with van der Waals surface area (Å²) in [6, 6.07) is 5.99. The quantitative estimate of drug-likeness (QED) is 0.909. The Labute approximate surface area is 121 Å². The number of ether oxygens (including phenoxy) is 1. The molecule has 0 fully saturated rings. The van der Waals surface area contributed by atoms with Crippen molar-refractivity contribution in [2.45, 2.75) is 13.8 Å². The van der Waals surface area contributed by atoms with Crippen LogP contribution in [0.25, 0.3) is 11.4 Å². The third kappa shape index (κ3) is 3.63. The van der Waals surface area contributed by atoms with Crippen molar-refractivity contribution in [3.05, 3.63) is 29.6 Å². The molecule has 0 spiro atoms. The van der Waals surface area contributed by atoms with Gasteiger partial charge in [-0.15, -0.1) is 0 Å². The van der Waals surface area contributed by atoms with Gasteiger partial charge in [0, 0.05) is 12.1 Å². The summed E-state index contributed by atoms with van der Waals surface area (Å²) in [6.07, 6.45) is 0. The van der Waals surface area contributed by atoms with Gasteiger partial charge in [-0.25, -0.2) is 4.39 Å². The highest BCUT2D eigenvalue weighted by molar-refractivity contribution is 5.59. The molecule has 21 heavy (non-hydrogen) atoms. The predicted molar refractivity (Wildman–Crippen MR) is 75.3 cm³/mol. The van der Waals surface area contributed by atoms with Crippen LogP contribution in [0.4, 0.5) is 10.3 Å². The molecule has 1 aromatic heterocycles. The summed E-state index contributed by atoms with van der Waals surface area (Å²) >= 11 is 0. The van der Waals surface area contributed by atoms with Gasteiger partial charge in [-0.05, 0) is 32.0 Å². The molecule has 1 heterocycles. The summed E-state index contributed by atoms with van der Waals surface area (Å²) in [5, 5.41) is 11.9. The van der Waals surface area contributed by atoms with Crippen LogP contribution in [0.1, 0.15) is 19.4 Å². The molecular formula is C14H14FN5O. The first-order valence-corrected chi connectivity index (χ1v) is 6.50. The third-order valence-electron chi connectivity index (χ3n) is 2.51. The van der Waals surface area contributed by atoms with Gasteiger partial charge in [-0.1, -0.05) is 0 Å². The Morgan fingerprint density at radius 3 is 2.71 bits per heavy atom. The minimum absolute atomic E-state index is 0.154. The Balaban J connectivity index is 2.51. The van der Waals surface area contributed by atoms with Crippen LogP contribution in [0.15, 0.2) is 18.2 Å². The van der Waals surface area contributed by atoms with Gasteiger partial charge in [0.05, 0.1) is 18.2 Å². The fraction of sp³-hybridized carbons (Fsp3) is 0.286. The highest BCUT2D eigenvalue weighted by atomic mass is 19.1. The molecule has 7 heteroatoms. The highest BCUT2D eigenvalue weighted by Gasteiger charge is 2.11. The molecular weight excluding hydrogens is 273 g/mol. The molecule has 6 nitrogen and oxygen atoms in total. The van der Waals surface area contributed by atoms with Crippen molar-refractivity contribution in [1.82, 2.24) is 15.0 Å². The van der Waals surface area contributed by atoms with Crippen molar-refractivity contribution in [3.8, 4) is 23.5 Å². The number of nitrogens with zero attached hydrogens (tertiary/aromatic N) is 4. The number of hydrogen-bond donors (Lipinski definition) is 1. The zero-order chi connectivity index (χ0) is 15.2. The average Bonchev–Trinajstić information content (AvgIpc) is 2.47. The zero-order valence-electron chi connectivity index (χ0n) is 11.7. The van der Waals surface area contributed by atoms with Crippen molar-refractivity contribution >= 4 is 5.95 Å². The molecule has 0 aliphatic heterocycles. The summed E-state index contributed by atoms with van der Waals surface area (Å²) < 4.78 is 18.8. The molecule has 2 rings (SSSR count). The second-order valence-corrected chi connectivity index (χ2v) is 4.07. The van der Waals surface area contributed by atoms with Crippen LogP contribution in [0.5, 0.6) is 6.01 Å². The Morgan fingerprint density at radius 1 is 1.24 bits per heavy atom. The van der Waals surface area contributed by atoms with Gasteiger partial charge >= 0.3 is 6.01 Å². The van der Waals surface area contributed by atoms with E-state index >= 15 is 0 Å².